The minimum absolute atomic E-state index is 0.425. The summed E-state index contributed by atoms with van der Waals surface area (Å²) in [5.74, 6) is 0. The van der Waals surface area contributed by atoms with E-state index in [9.17, 15) is 0 Å². The number of hydrogen-bond acceptors (Lipinski definition) is 2. The van der Waals surface area contributed by atoms with E-state index in [1.54, 1.807) is 0 Å². The Morgan fingerprint density at radius 1 is 1.67 bits per heavy atom. The zero-order chi connectivity index (χ0) is 6.53. The Balaban J connectivity index is 1.98. The second kappa shape index (κ2) is 3.85. The molecule has 0 aromatic carbocycles. The maximum atomic E-state index is 5.34. The molecular weight excluding hydrogens is 114 g/mol. The summed E-state index contributed by atoms with van der Waals surface area (Å²) in [6.07, 6.45) is 2.82. The SMILES string of the molecule is [CH]CNCC1CCCO1. The highest BCUT2D eigenvalue weighted by Gasteiger charge is 2.13. The standard InChI is InChI=1S/C7H13NO/c1-2-8-6-7-4-3-5-9-7/h1,7-8H,2-6H2. The molecule has 2 heteroatoms. The molecule has 1 atom stereocenters. The molecule has 0 bridgehead atoms. The lowest BCUT2D eigenvalue weighted by molar-refractivity contribution is 0.111. The topological polar surface area (TPSA) is 21.3 Å². The van der Waals surface area contributed by atoms with Crippen molar-refractivity contribution in [3.63, 3.8) is 0 Å². The minimum atomic E-state index is 0.425. The van der Waals surface area contributed by atoms with E-state index in [1.807, 2.05) is 0 Å². The van der Waals surface area contributed by atoms with E-state index in [2.05, 4.69) is 5.32 Å². The second-order valence-electron chi connectivity index (χ2n) is 2.29. The van der Waals surface area contributed by atoms with Crippen molar-refractivity contribution in [2.45, 2.75) is 18.9 Å². The fraction of sp³-hybridized carbons (Fsp3) is 0.857. The van der Waals surface area contributed by atoms with Crippen LogP contribution in [0.5, 0.6) is 0 Å². The molecule has 1 fully saturated rings. The Morgan fingerprint density at radius 2 is 2.56 bits per heavy atom. The molecule has 1 heterocycles. The van der Waals surface area contributed by atoms with Gasteiger partial charge in [-0.3, -0.25) is 0 Å². The van der Waals surface area contributed by atoms with Gasteiger partial charge in [0.25, 0.3) is 0 Å². The maximum Gasteiger partial charge on any atom is 0.0700 e. The fourth-order valence-corrected chi connectivity index (χ4v) is 1.05. The molecule has 0 aromatic rings. The summed E-state index contributed by atoms with van der Waals surface area (Å²) in [7, 11) is 0. The molecule has 0 saturated carbocycles. The van der Waals surface area contributed by atoms with Crippen molar-refractivity contribution in [2.75, 3.05) is 19.7 Å². The average Bonchev–Trinajstić information content (AvgIpc) is 2.34. The van der Waals surface area contributed by atoms with E-state index in [0.717, 1.165) is 13.2 Å². The highest BCUT2D eigenvalue weighted by atomic mass is 16.5. The van der Waals surface area contributed by atoms with Crippen molar-refractivity contribution in [2.24, 2.45) is 0 Å². The van der Waals surface area contributed by atoms with Crippen molar-refractivity contribution >= 4 is 0 Å². The maximum absolute atomic E-state index is 5.34. The molecule has 2 nitrogen and oxygen atoms in total. The molecule has 2 radical (unpaired) electrons. The Bertz CT molecular complexity index is 69.3. The summed E-state index contributed by atoms with van der Waals surface area (Å²) < 4.78 is 5.34. The van der Waals surface area contributed by atoms with Crippen LogP contribution in [0.25, 0.3) is 0 Å². The lowest BCUT2D eigenvalue weighted by Gasteiger charge is -2.07. The summed E-state index contributed by atoms with van der Waals surface area (Å²) in [4.78, 5) is 0. The quantitative estimate of drug-likeness (QED) is 0.595. The van der Waals surface area contributed by atoms with Crippen LogP contribution in [-0.2, 0) is 4.74 Å². The summed E-state index contributed by atoms with van der Waals surface area (Å²) in [6, 6.07) is 0. The predicted molar refractivity (Wildman–Crippen MR) is 36.1 cm³/mol. The van der Waals surface area contributed by atoms with Crippen molar-refractivity contribution < 1.29 is 4.74 Å². The van der Waals surface area contributed by atoms with Crippen LogP contribution in [0.15, 0.2) is 0 Å². The molecule has 9 heavy (non-hydrogen) atoms. The minimum Gasteiger partial charge on any atom is -0.377 e. The molecule has 1 aliphatic heterocycles. The Morgan fingerprint density at radius 3 is 3.11 bits per heavy atom. The molecular formula is C7H13NO. The highest BCUT2D eigenvalue weighted by molar-refractivity contribution is 4.67. The van der Waals surface area contributed by atoms with Crippen molar-refractivity contribution in [3.05, 3.63) is 6.92 Å². The number of rotatable bonds is 3. The molecule has 52 valence electrons. The predicted octanol–water partition coefficient (Wildman–Crippen LogP) is 0.466. The van der Waals surface area contributed by atoms with Gasteiger partial charge in [0, 0.05) is 13.2 Å². The van der Waals surface area contributed by atoms with Crippen molar-refractivity contribution in [1.82, 2.24) is 5.32 Å². The first kappa shape index (κ1) is 7.03. The van der Waals surface area contributed by atoms with Gasteiger partial charge >= 0.3 is 0 Å². The van der Waals surface area contributed by atoms with Crippen LogP contribution in [0.3, 0.4) is 0 Å². The van der Waals surface area contributed by atoms with Gasteiger partial charge in [-0.15, -0.1) is 0 Å². The number of nitrogens with one attached hydrogen (secondary N) is 1. The van der Waals surface area contributed by atoms with E-state index in [1.165, 1.54) is 12.8 Å². The van der Waals surface area contributed by atoms with Crippen LogP contribution in [-0.4, -0.2) is 25.8 Å². The van der Waals surface area contributed by atoms with Crippen LogP contribution >= 0.6 is 0 Å². The van der Waals surface area contributed by atoms with Gasteiger partial charge in [-0.25, -0.2) is 0 Å². The van der Waals surface area contributed by atoms with Gasteiger partial charge in [0.15, 0.2) is 0 Å². The van der Waals surface area contributed by atoms with E-state index >= 15 is 0 Å². The Labute approximate surface area is 56.6 Å². The first-order valence-electron chi connectivity index (χ1n) is 3.46. The van der Waals surface area contributed by atoms with Gasteiger partial charge in [0.1, 0.15) is 0 Å². The van der Waals surface area contributed by atoms with Crippen LogP contribution in [0.4, 0.5) is 0 Å². The summed E-state index contributed by atoms with van der Waals surface area (Å²) in [5, 5.41) is 3.04. The molecule has 1 rings (SSSR count). The summed E-state index contributed by atoms with van der Waals surface area (Å²) >= 11 is 0. The van der Waals surface area contributed by atoms with Crippen LogP contribution in [0.1, 0.15) is 12.8 Å². The normalized spacial score (nSPS) is 27.0. The third-order valence-electron chi connectivity index (χ3n) is 1.54. The highest BCUT2D eigenvalue weighted by Crippen LogP contribution is 2.09. The van der Waals surface area contributed by atoms with Crippen molar-refractivity contribution in [1.29, 1.82) is 0 Å². The van der Waals surface area contributed by atoms with Crippen LogP contribution < -0.4 is 5.32 Å². The summed E-state index contributed by atoms with van der Waals surface area (Å²) in [6.45, 7) is 7.64. The molecule has 1 unspecified atom stereocenters. The zero-order valence-electron chi connectivity index (χ0n) is 5.60. The van der Waals surface area contributed by atoms with Crippen LogP contribution in [0.2, 0.25) is 0 Å². The fourth-order valence-electron chi connectivity index (χ4n) is 1.05. The molecule has 0 spiro atoms. The zero-order valence-corrected chi connectivity index (χ0v) is 5.60. The lowest BCUT2D eigenvalue weighted by Crippen LogP contribution is -2.25. The van der Waals surface area contributed by atoms with E-state index in [4.69, 9.17) is 11.7 Å². The molecule has 0 aliphatic carbocycles. The van der Waals surface area contributed by atoms with Gasteiger partial charge in [0.2, 0.25) is 0 Å². The third-order valence-corrected chi connectivity index (χ3v) is 1.54. The third kappa shape index (κ3) is 2.33. The van der Waals surface area contributed by atoms with Gasteiger partial charge in [0.05, 0.1) is 6.10 Å². The van der Waals surface area contributed by atoms with Gasteiger partial charge in [-0.2, -0.15) is 0 Å². The molecule has 1 aliphatic rings. The monoisotopic (exact) mass is 127 g/mol. The van der Waals surface area contributed by atoms with Crippen molar-refractivity contribution in [3.8, 4) is 0 Å². The molecule has 1 N–H and O–H groups in total. The van der Waals surface area contributed by atoms with E-state index < -0.39 is 0 Å². The van der Waals surface area contributed by atoms with Gasteiger partial charge in [-0.1, -0.05) is 0 Å². The van der Waals surface area contributed by atoms with Gasteiger partial charge < -0.3 is 10.1 Å². The van der Waals surface area contributed by atoms with Gasteiger partial charge in [-0.05, 0) is 26.3 Å². The number of hydrogen-bond donors (Lipinski definition) is 1. The number of ether oxygens (including phenoxy) is 1. The molecule has 1 saturated heterocycles. The average molecular weight is 127 g/mol. The second-order valence-corrected chi connectivity index (χ2v) is 2.29. The molecule has 0 amide bonds. The Kier molecular flexibility index (Phi) is 3.01. The smallest absolute Gasteiger partial charge is 0.0700 e. The van der Waals surface area contributed by atoms with E-state index in [-0.39, 0.29) is 0 Å². The Hall–Kier alpha value is -0.0800. The summed E-state index contributed by atoms with van der Waals surface area (Å²) in [5.41, 5.74) is 0. The largest absolute Gasteiger partial charge is 0.377 e. The molecule has 0 aromatic heterocycles. The van der Waals surface area contributed by atoms with Crippen LogP contribution in [0, 0.1) is 6.92 Å². The first-order valence-corrected chi connectivity index (χ1v) is 3.46. The first-order chi connectivity index (χ1) is 4.43. The lowest BCUT2D eigenvalue weighted by atomic mass is 10.2. The van der Waals surface area contributed by atoms with E-state index in [0.29, 0.717) is 12.6 Å².